The number of nitrogens with one attached hydrogen (secondary N) is 3. The number of aromatic amines is 1. The van der Waals surface area contributed by atoms with Crippen LogP contribution in [0.3, 0.4) is 0 Å². The summed E-state index contributed by atoms with van der Waals surface area (Å²) in [6.07, 6.45) is 12.0. The van der Waals surface area contributed by atoms with E-state index in [-0.39, 0.29) is 5.91 Å². The Morgan fingerprint density at radius 3 is 2.88 bits per heavy atom. The van der Waals surface area contributed by atoms with Crippen molar-refractivity contribution in [2.75, 3.05) is 19.6 Å². The molecule has 0 radical (unpaired) electrons. The number of amides is 1. The Labute approximate surface area is 150 Å². The smallest absolute Gasteiger partial charge is 0.221 e. The first-order valence-corrected chi connectivity index (χ1v) is 9.53. The van der Waals surface area contributed by atoms with Crippen LogP contribution in [0.4, 0.5) is 0 Å². The third-order valence-corrected chi connectivity index (χ3v) is 4.93. The summed E-state index contributed by atoms with van der Waals surface area (Å²) in [4.78, 5) is 15.2. The third-order valence-electron chi connectivity index (χ3n) is 4.93. The quantitative estimate of drug-likeness (QED) is 0.482. The zero-order valence-corrected chi connectivity index (χ0v) is 14.9. The molecule has 4 heteroatoms. The van der Waals surface area contributed by atoms with Gasteiger partial charge in [0.05, 0.1) is 0 Å². The first-order valence-electron chi connectivity index (χ1n) is 9.53. The van der Waals surface area contributed by atoms with Crippen LogP contribution in [0.15, 0.2) is 42.1 Å². The Kier molecular flexibility index (Phi) is 6.69. The number of H-pyrrole nitrogens is 1. The number of allylic oxidation sites excluding steroid dienone is 1. The second-order valence-electron chi connectivity index (χ2n) is 6.82. The number of carbonyl (C=O) groups excluding carboxylic acids is 1. The summed E-state index contributed by atoms with van der Waals surface area (Å²) in [6.45, 7) is 2.40. The average molecular weight is 339 g/mol. The lowest BCUT2D eigenvalue weighted by molar-refractivity contribution is -0.120. The van der Waals surface area contributed by atoms with Crippen molar-refractivity contribution in [1.29, 1.82) is 0 Å². The molecule has 2 aromatic rings. The normalized spacial score (nSPS) is 14.5. The lowest BCUT2D eigenvalue weighted by Gasteiger charge is -2.13. The predicted octanol–water partition coefficient (Wildman–Crippen LogP) is 3.70. The summed E-state index contributed by atoms with van der Waals surface area (Å²) >= 11 is 0. The third kappa shape index (κ3) is 5.46. The highest BCUT2D eigenvalue weighted by molar-refractivity contribution is 5.83. The number of para-hydroxylation sites is 1. The minimum atomic E-state index is 0.149. The average Bonchev–Trinajstić information content (AvgIpc) is 3.06. The maximum absolute atomic E-state index is 11.9. The van der Waals surface area contributed by atoms with E-state index < -0.39 is 0 Å². The zero-order valence-electron chi connectivity index (χ0n) is 14.9. The van der Waals surface area contributed by atoms with Crippen molar-refractivity contribution in [1.82, 2.24) is 15.6 Å². The van der Waals surface area contributed by atoms with E-state index in [4.69, 9.17) is 0 Å². The molecule has 1 aliphatic carbocycles. The molecule has 134 valence electrons. The van der Waals surface area contributed by atoms with Gasteiger partial charge in [0, 0.05) is 36.6 Å². The lowest BCUT2D eigenvalue weighted by atomic mass is 9.97. The largest absolute Gasteiger partial charge is 0.361 e. The molecular formula is C21H29N3O. The van der Waals surface area contributed by atoms with Crippen LogP contribution in [0, 0.1) is 0 Å². The van der Waals surface area contributed by atoms with Crippen LogP contribution in [0.2, 0.25) is 0 Å². The van der Waals surface area contributed by atoms with Crippen LogP contribution >= 0.6 is 0 Å². The summed E-state index contributed by atoms with van der Waals surface area (Å²) in [5.74, 6) is 0.149. The van der Waals surface area contributed by atoms with Crippen LogP contribution < -0.4 is 10.6 Å². The number of carbonyl (C=O) groups is 1. The van der Waals surface area contributed by atoms with Crippen LogP contribution in [0.1, 0.15) is 44.1 Å². The van der Waals surface area contributed by atoms with Gasteiger partial charge in [-0.2, -0.15) is 0 Å². The van der Waals surface area contributed by atoms with Crippen molar-refractivity contribution >= 4 is 16.8 Å². The molecular weight excluding hydrogens is 310 g/mol. The van der Waals surface area contributed by atoms with Crippen LogP contribution in [-0.2, 0) is 11.2 Å². The molecule has 0 unspecified atom stereocenters. The number of hydrogen-bond donors (Lipinski definition) is 3. The molecule has 1 heterocycles. The minimum Gasteiger partial charge on any atom is -0.361 e. The minimum absolute atomic E-state index is 0.149. The molecule has 0 saturated carbocycles. The van der Waals surface area contributed by atoms with Crippen LogP contribution in [0.5, 0.6) is 0 Å². The highest BCUT2D eigenvalue weighted by Crippen LogP contribution is 2.19. The van der Waals surface area contributed by atoms with E-state index in [1.54, 1.807) is 0 Å². The fraction of sp³-hybridized carbons (Fsp3) is 0.476. The fourth-order valence-corrected chi connectivity index (χ4v) is 3.47. The van der Waals surface area contributed by atoms with Gasteiger partial charge in [-0.1, -0.05) is 29.8 Å². The maximum atomic E-state index is 11.9. The van der Waals surface area contributed by atoms with E-state index in [2.05, 4.69) is 46.1 Å². The van der Waals surface area contributed by atoms with Crippen molar-refractivity contribution in [3.05, 3.63) is 47.7 Å². The number of benzene rings is 1. The molecule has 0 atom stereocenters. The molecule has 3 rings (SSSR count). The Bertz CT molecular complexity index is 717. The Morgan fingerprint density at radius 2 is 2.00 bits per heavy atom. The number of fused-ring (bicyclic) bond motifs is 1. The molecule has 25 heavy (non-hydrogen) atoms. The van der Waals surface area contributed by atoms with Gasteiger partial charge in [-0.15, -0.1) is 0 Å². The second kappa shape index (κ2) is 9.42. The topological polar surface area (TPSA) is 56.9 Å². The van der Waals surface area contributed by atoms with Crippen LogP contribution in [0.25, 0.3) is 10.9 Å². The molecule has 1 amide bonds. The standard InChI is InChI=1S/C21H29N3O/c25-21(23-15-10-17-6-2-1-3-7-17)12-14-22-13-11-18-16-24-20-9-5-4-8-19(18)20/h4-6,8-9,16,22,24H,1-3,7,10-15H2,(H,23,25). The molecule has 0 aliphatic heterocycles. The SMILES string of the molecule is O=C(CCNCCc1c[nH]c2ccccc12)NCCC1=CCCCC1. The Balaban J connectivity index is 1.27. The second-order valence-corrected chi connectivity index (χ2v) is 6.82. The van der Waals surface area contributed by atoms with Crippen LogP contribution in [-0.4, -0.2) is 30.5 Å². The van der Waals surface area contributed by atoms with Gasteiger partial charge < -0.3 is 15.6 Å². The number of rotatable bonds is 9. The van der Waals surface area contributed by atoms with Crippen molar-refractivity contribution in [2.24, 2.45) is 0 Å². The van der Waals surface area contributed by atoms with Crippen molar-refractivity contribution in [3.8, 4) is 0 Å². The molecule has 3 N–H and O–H groups in total. The lowest BCUT2D eigenvalue weighted by Crippen LogP contribution is -2.29. The van der Waals surface area contributed by atoms with E-state index >= 15 is 0 Å². The van der Waals surface area contributed by atoms with E-state index in [1.165, 1.54) is 47.7 Å². The van der Waals surface area contributed by atoms with Gasteiger partial charge in [-0.25, -0.2) is 0 Å². The fourth-order valence-electron chi connectivity index (χ4n) is 3.47. The zero-order chi connectivity index (χ0) is 17.3. The van der Waals surface area contributed by atoms with E-state index in [1.807, 2.05) is 6.07 Å². The molecule has 1 aliphatic rings. The summed E-state index contributed by atoms with van der Waals surface area (Å²) in [6, 6.07) is 8.36. The summed E-state index contributed by atoms with van der Waals surface area (Å²) in [5, 5.41) is 7.70. The highest BCUT2D eigenvalue weighted by Gasteiger charge is 2.05. The highest BCUT2D eigenvalue weighted by atomic mass is 16.1. The maximum Gasteiger partial charge on any atom is 0.221 e. The molecule has 0 spiro atoms. The summed E-state index contributed by atoms with van der Waals surface area (Å²) in [5.41, 5.74) is 4.03. The molecule has 4 nitrogen and oxygen atoms in total. The number of hydrogen-bond acceptors (Lipinski definition) is 2. The summed E-state index contributed by atoms with van der Waals surface area (Å²) in [7, 11) is 0. The molecule has 0 fully saturated rings. The van der Waals surface area contributed by atoms with Gasteiger partial charge in [-0.05, 0) is 56.7 Å². The predicted molar refractivity (Wildman–Crippen MR) is 104 cm³/mol. The molecule has 1 aromatic heterocycles. The van der Waals surface area contributed by atoms with Gasteiger partial charge in [0.2, 0.25) is 5.91 Å². The van der Waals surface area contributed by atoms with Crippen molar-refractivity contribution in [2.45, 2.75) is 44.9 Å². The van der Waals surface area contributed by atoms with E-state index in [0.29, 0.717) is 6.42 Å². The molecule has 0 bridgehead atoms. The Hall–Kier alpha value is -2.07. The van der Waals surface area contributed by atoms with Gasteiger partial charge in [0.1, 0.15) is 0 Å². The number of aromatic nitrogens is 1. The first kappa shape index (κ1) is 17.7. The Morgan fingerprint density at radius 1 is 1.08 bits per heavy atom. The van der Waals surface area contributed by atoms with Gasteiger partial charge in [0.15, 0.2) is 0 Å². The molecule has 1 aromatic carbocycles. The van der Waals surface area contributed by atoms with Crippen molar-refractivity contribution < 1.29 is 4.79 Å². The summed E-state index contributed by atoms with van der Waals surface area (Å²) < 4.78 is 0. The van der Waals surface area contributed by atoms with Gasteiger partial charge >= 0.3 is 0 Å². The van der Waals surface area contributed by atoms with E-state index in [9.17, 15) is 4.79 Å². The van der Waals surface area contributed by atoms with Gasteiger partial charge in [0.25, 0.3) is 0 Å². The van der Waals surface area contributed by atoms with E-state index in [0.717, 1.165) is 32.5 Å². The van der Waals surface area contributed by atoms with Gasteiger partial charge in [-0.3, -0.25) is 4.79 Å². The molecule has 0 saturated heterocycles. The first-order chi connectivity index (χ1) is 12.3. The van der Waals surface area contributed by atoms with Crippen molar-refractivity contribution in [3.63, 3.8) is 0 Å². The monoisotopic (exact) mass is 339 g/mol.